The molecule has 0 saturated carbocycles. The molecule has 1 fully saturated rings. The molecule has 0 aliphatic carbocycles. The minimum atomic E-state index is -3.10. The van der Waals surface area contributed by atoms with Crippen molar-refractivity contribution in [3.8, 4) is 0 Å². The first-order valence-electron chi connectivity index (χ1n) is 9.69. The summed E-state index contributed by atoms with van der Waals surface area (Å²) in [6, 6.07) is 12.1. The summed E-state index contributed by atoms with van der Waals surface area (Å²) in [4.78, 5) is 0. The van der Waals surface area contributed by atoms with Crippen LogP contribution < -0.4 is 5.32 Å². The Morgan fingerprint density at radius 1 is 1.14 bits per heavy atom. The van der Waals surface area contributed by atoms with Gasteiger partial charge in [0.25, 0.3) is 0 Å². The van der Waals surface area contributed by atoms with Crippen molar-refractivity contribution < 1.29 is 8.42 Å². The number of nitrogens with zero attached hydrogens (tertiary/aromatic N) is 5. The van der Waals surface area contributed by atoms with Crippen molar-refractivity contribution >= 4 is 32.3 Å². The lowest BCUT2D eigenvalue weighted by molar-refractivity contribution is 0.319. The van der Waals surface area contributed by atoms with E-state index in [0.29, 0.717) is 24.8 Å². The third-order valence-electron chi connectivity index (χ3n) is 5.07. The van der Waals surface area contributed by atoms with E-state index in [-0.39, 0.29) is 11.7 Å². The van der Waals surface area contributed by atoms with Crippen LogP contribution in [0.25, 0.3) is 0 Å². The predicted molar refractivity (Wildman–Crippen MR) is 114 cm³/mol. The molecule has 3 aromatic rings. The van der Waals surface area contributed by atoms with E-state index in [9.17, 15) is 8.42 Å². The van der Waals surface area contributed by atoms with Crippen LogP contribution in [0.3, 0.4) is 0 Å². The van der Waals surface area contributed by atoms with E-state index in [2.05, 4.69) is 32.7 Å². The summed E-state index contributed by atoms with van der Waals surface area (Å²) in [5, 5.41) is 18.0. The first kappa shape index (κ1) is 20.0. The number of benzene rings is 1. The van der Waals surface area contributed by atoms with Crippen LogP contribution in [0.1, 0.15) is 36.3 Å². The van der Waals surface area contributed by atoms with Crippen LogP contribution in [0.4, 0.5) is 10.9 Å². The Labute approximate surface area is 174 Å². The van der Waals surface area contributed by atoms with Crippen molar-refractivity contribution in [2.75, 3.05) is 24.2 Å². The Kier molecular flexibility index (Phi) is 5.93. The summed E-state index contributed by atoms with van der Waals surface area (Å²) in [5.74, 6) is 1.14. The average Bonchev–Trinajstić information content (AvgIpc) is 3.39. The van der Waals surface area contributed by atoms with E-state index in [0.717, 1.165) is 23.7 Å². The molecule has 10 heteroatoms. The molecule has 0 atom stereocenters. The minimum Gasteiger partial charge on any atom is -0.313 e. The molecule has 154 valence electrons. The lowest BCUT2D eigenvalue weighted by atomic mass is 9.99. The number of piperidine rings is 1. The van der Waals surface area contributed by atoms with E-state index in [1.165, 1.54) is 16.9 Å². The van der Waals surface area contributed by atoms with Gasteiger partial charge < -0.3 is 5.32 Å². The summed E-state index contributed by atoms with van der Waals surface area (Å²) in [5.41, 5.74) is 1.19. The van der Waals surface area contributed by atoms with E-state index < -0.39 is 10.0 Å². The number of hydrogen-bond acceptors (Lipinski definition) is 7. The zero-order valence-corrected chi connectivity index (χ0v) is 17.9. The molecule has 1 saturated heterocycles. The van der Waals surface area contributed by atoms with Crippen molar-refractivity contribution in [2.24, 2.45) is 0 Å². The van der Waals surface area contributed by atoms with Crippen molar-refractivity contribution in [1.82, 2.24) is 24.3 Å². The molecule has 0 radical (unpaired) electrons. The van der Waals surface area contributed by atoms with Gasteiger partial charge in [0.05, 0.1) is 12.3 Å². The molecule has 4 rings (SSSR count). The molecule has 0 amide bonds. The molecule has 0 spiro atoms. The van der Waals surface area contributed by atoms with Gasteiger partial charge in [0, 0.05) is 31.3 Å². The highest BCUT2D eigenvalue weighted by molar-refractivity contribution is 7.89. The quantitative estimate of drug-likeness (QED) is 0.617. The standard InChI is InChI=1S/C19H24N6O2S2/c1-2-29(26,27)25-12-8-16(9-13-25)18-21-22-19(28-18)20-17-10-11-24(23-17)14-15-6-4-3-5-7-15/h3-7,10-11,16H,2,8-9,12-14H2,1H3,(H,20,22,23). The maximum absolute atomic E-state index is 12.0. The molecule has 0 unspecified atom stereocenters. The molecule has 1 aliphatic heterocycles. The molecular weight excluding hydrogens is 408 g/mol. The molecular formula is C19H24N6O2S2. The fourth-order valence-corrected chi connectivity index (χ4v) is 5.46. The van der Waals surface area contributed by atoms with Crippen molar-refractivity contribution in [3.05, 3.63) is 53.2 Å². The van der Waals surface area contributed by atoms with E-state index in [4.69, 9.17) is 0 Å². The second-order valence-corrected chi connectivity index (χ2v) is 10.3. The molecule has 1 aliphatic rings. The lowest BCUT2D eigenvalue weighted by Crippen LogP contribution is -2.38. The van der Waals surface area contributed by atoms with Crippen LogP contribution in [-0.2, 0) is 16.6 Å². The molecule has 2 aromatic heterocycles. The van der Waals surface area contributed by atoms with Crippen molar-refractivity contribution in [3.63, 3.8) is 0 Å². The smallest absolute Gasteiger partial charge is 0.213 e. The van der Waals surface area contributed by atoms with Gasteiger partial charge in [-0.25, -0.2) is 12.7 Å². The van der Waals surface area contributed by atoms with Crippen molar-refractivity contribution in [1.29, 1.82) is 0 Å². The Morgan fingerprint density at radius 3 is 2.62 bits per heavy atom. The second-order valence-electron chi connectivity index (χ2n) is 7.03. The number of aromatic nitrogens is 4. The van der Waals surface area contributed by atoms with Crippen LogP contribution in [-0.4, -0.2) is 51.5 Å². The average molecular weight is 433 g/mol. The minimum absolute atomic E-state index is 0.154. The van der Waals surface area contributed by atoms with Crippen LogP contribution in [0.2, 0.25) is 0 Å². The summed E-state index contributed by atoms with van der Waals surface area (Å²) in [7, 11) is -3.10. The monoisotopic (exact) mass is 432 g/mol. The van der Waals surface area contributed by atoms with E-state index >= 15 is 0 Å². The van der Waals surface area contributed by atoms with Gasteiger partial charge in [-0.05, 0) is 25.3 Å². The van der Waals surface area contributed by atoms with E-state index in [1.807, 2.05) is 35.1 Å². The summed E-state index contributed by atoms with van der Waals surface area (Å²) >= 11 is 1.51. The van der Waals surface area contributed by atoms with Crippen LogP contribution in [0.15, 0.2) is 42.6 Å². The van der Waals surface area contributed by atoms with Crippen LogP contribution in [0.5, 0.6) is 0 Å². The lowest BCUT2D eigenvalue weighted by Gasteiger charge is -2.29. The Bertz CT molecular complexity index is 1040. The third-order valence-corrected chi connectivity index (χ3v) is 7.95. The molecule has 0 bridgehead atoms. The molecule has 3 heterocycles. The maximum atomic E-state index is 12.0. The zero-order valence-electron chi connectivity index (χ0n) is 16.2. The highest BCUT2D eigenvalue weighted by Crippen LogP contribution is 2.33. The SMILES string of the molecule is CCS(=O)(=O)N1CCC(c2nnc(Nc3ccn(Cc4ccccc4)n3)s2)CC1. The van der Waals surface area contributed by atoms with E-state index in [1.54, 1.807) is 11.2 Å². The summed E-state index contributed by atoms with van der Waals surface area (Å²) in [6.45, 7) is 3.49. The number of nitrogens with one attached hydrogen (secondary N) is 1. The molecule has 29 heavy (non-hydrogen) atoms. The predicted octanol–water partition coefficient (Wildman–Crippen LogP) is 3.06. The van der Waals surface area contributed by atoms with Gasteiger partial charge in [-0.1, -0.05) is 41.7 Å². The Morgan fingerprint density at radius 2 is 1.90 bits per heavy atom. The highest BCUT2D eigenvalue weighted by Gasteiger charge is 2.29. The Hall–Kier alpha value is -2.30. The molecule has 1 N–H and O–H groups in total. The fraction of sp³-hybridized carbons (Fsp3) is 0.421. The highest BCUT2D eigenvalue weighted by atomic mass is 32.2. The molecule has 1 aromatic carbocycles. The van der Waals surface area contributed by atoms with Gasteiger partial charge >= 0.3 is 0 Å². The van der Waals surface area contributed by atoms with Gasteiger partial charge in [-0.3, -0.25) is 4.68 Å². The number of rotatable bonds is 7. The largest absolute Gasteiger partial charge is 0.313 e. The van der Waals surface area contributed by atoms with Crippen LogP contribution >= 0.6 is 11.3 Å². The number of hydrogen-bond donors (Lipinski definition) is 1. The van der Waals surface area contributed by atoms with Crippen molar-refractivity contribution in [2.45, 2.75) is 32.2 Å². The summed E-state index contributed by atoms with van der Waals surface area (Å²) < 4.78 is 27.5. The maximum Gasteiger partial charge on any atom is 0.213 e. The van der Waals surface area contributed by atoms with Gasteiger partial charge in [-0.2, -0.15) is 5.10 Å². The van der Waals surface area contributed by atoms with Crippen LogP contribution in [0, 0.1) is 0 Å². The third kappa shape index (κ3) is 4.82. The summed E-state index contributed by atoms with van der Waals surface area (Å²) in [6.07, 6.45) is 3.49. The Balaban J connectivity index is 1.34. The first-order valence-corrected chi connectivity index (χ1v) is 12.1. The normalized spacial score (nSPS) is 16.2. The zero-order chi connectivity index (χ0) is 20.3. The molecule has 8 nitrogen and oxygen atoms in total. The van der Waals surface area contributed by atoms with Gasteiger partial charge in [0.1, 0.15) is 5.01 Å². The van der Waals surface area contributed by atoms with Gasteiger partial charge in [0.15, 0.2) is 5.82 Å². The van der Waals surface area contributed by atoms with Gasteiger partial charge in [-0.15, -0.1) is 10.2 Å². The topological polar surface area (TPSA) is 93.0 Å². The number of sulfonamides is 1. The number of anilines is 2. The van der Waals surface area contributed by atoms with Gasteiger partial charge in [0.2, 0.25) is 15.2 Å². The second kappa shape index (κ2) is 8.60. The first-order chi connectivity index (χ1) is 14.0. The fourth-order valence-electron chi connectivity index (χ4n) is 3.41.